The summed E-state index contributed by atoms with van der Waals surface area (Å²) in [6, 6.07) is 14.3. The Labute approximate surface area is 173 Å². The standard InChI is InChI=1S/C24H20N2O4/c1-13-8-9-16(26(29)30)12-19(13)25-23(27)21-17-10-11-18(22(21)24(25)28)20(17)14(2)15-6-4-3-5-7-15/h3-12,17-18,21-22H,1-2H3/t17-,18-,21-,22-/m1/s1. The number of nitro groups is 1. The van der Waals surface area contributed by atoms with Gasteiger partial charge in [0, 0.05) is 24.0 Å². The van der Waals surface area contributed by atoms with E-state index >= 15 is 0 Å². The van der Waals surface area contributed by atoms with Gasteiger partial charge in [0.2, 0.25) is 11.8 Å². The monoisotopic (exact) mass is 400 g/mol. The van der Waals surface area contributed by atoms with Crippen LogP contribution in [-0.2, 0) is 9.59 Å². The van der Waals surface area contributed by atoms with Gasteiger partial charge in [-0.25, -0.2) is 4.90 Å². The summed E-state index contributed by atoms with van der Waals surface area (Å²) >= 11 is 0. The molecule has 0 unspecified atom stereocenters. The highest BCUT2D eigenvalue weighted by molar-refractivity contribution is 6.23. The van der Waals surface area contributed by atoms with Crippen molar-refractivity contribution in [2.24, 2.45) is 23.7 Å². The molecule has 1 saturated carbocycles. The highest BCUT2D eigenvalue weighted by Gasteiger charge is 2.62. The van der Waals surface area contributed by atoms with Crippen molar-refractivity contribution in [1.82, 2.24) is 0 Å². The second kappa shape index (κ2) is 6.49. The van der Waals surface area contributed by atoms with E-state index in [9.17, 15) is 19.7 Å². The molecule has 150 valence electrons. The van der Waals surface area contributed by atoms with Crippen molar-refractivity contribution in [3.8, 4) is 0 Å². The number of rotatable bonds is 3. The molecule has 2 fully saturated rings. The van der Waals surface area contributed by atoms with Crippen molar-refractivity contribution in [1.29, 1.82) is 0 Å². The van der Waals surface area contributed by atoms with Gasteiger partial charge in [0.15, 0.2) is 0 Å². The minimum absolute atomic E-state index is 0.110. The molecule has 30 heavy (non-hydrogen) atoms. The molecule has 6 heteroatoms. The third-order valence-corrected chi connectivity index (χ3v) is 6.70. The number of non-ortho nitro benzene ring substituents is 1. The normalized spacial score (nSPS) is 26.5. The molecule has 0 spiro atoms. The summed E-state index contributed by atoms with van der Waals surface area (Å²) in [6.45, 7) is 3.81. The predicted octanol–water partition coefficient (Wildman–Crippen LogP) is 4.30. The Morgan fingerprint density at radius 3 is 2.13 bits per heavy atom. The Bertz CT molecular complexity index is 1130. The lowest BCUT2D eigenvalue weighted by Gasteiger charge is -2.21. The molecule has 1 heterocycles. The van der Waals surface area contributed by atoms with Crippen molar-refractivity contribution < 1.29 is 14.5 Å². The molecular formula is C24H20N2O4. The van der Waals surface area contributed by atoms with Crippen LogP contribution in [-0.4, -0.2) is 16.7 Å². The van der Waals surface area contributed by atoms with Crippen LogP contribution in [0.15, 0.2) is 66.3 Å². The van der Waals surface area contributed by atoms with Gasteiger partial charge in [0.25, 0.3) is 5.69 Å². The lowest BCUT2D eigenvalue weighted by atomic mass is 9.85. The number of hydrogen-bond donors (Lipinski definition) is 0. The number of anilines is 1. The van der Waals surface area contributed by atoms with E-state index in [2.05, 4.69) is 6.92 Å². The van der Waals surface area contributed by atoms with Crippen molar-refractivity contribution >= 4 is 28.8 Å². The van der Waals surface area contributed by atoms with Crippen LogP contribution in [0, 0.1) is 40.7 Å². The van der Waals surface area contributed by atoms with Crippen LogP contribution in [0.1, 0.15) is 18.1 Å². The van der Waals surface area contributed by atoms with E-state index in [-0.39, 0.29) is 29.3 Å². The van der Waals surface area contributed by atoms with Gasteiger partial charge in [-0.15, -0.1) is 0 Å². The summed E-state index contributed by atoms with van der Waals surface area (Å²) in [6.07, 6.45) is 4.09. The van der Waals surface area contributed by atoms with E-state index < -0.39 is 16.8 Å². The van der Waals surface area contributed by atoms with Crippen LogP contribution in [0.3, 0.4) is 0 Å². The van der Waals surface area contributed by atoms with E-state index in [1.807, 2.05) is 42.5 Å². The summed E-state index contributed by atoms with van der Waals surface area (Å²) in [7, 11) is 0. The van der Waals surface area contributed by atoms with Crippen molar-refractivity contribution in [3.63, 3.8) is 0 Å². The van der Waals surface area contributed by atoms with Crippen LogP contribution in [0.25, 0.3) is 5.57 Å². The van der Waals surface area contributed by atoms with Gasteiger partial charge >= 0.3 is 0 Å². The van der Waals surface area contributed by atoms with Crippen LogP contribution >= 0.6 is 0 Å². The van der Waals surface area contributed by atoms with Crippen LogP contribution in [0.5, 0.6) is 0 Å². The maximum atomic E-state index is 13.4. The van der Waals surface area contributed by atoms with E-state index in [1.54, 1.807) is 13.0 Å². The molecule has 2 amide bonds. The number of imide groups is 1. The number of benzene rings is 2. The van der Waals surface area contributed by atoms with E-state index in [1.165, 1.54) is 17.0 Å². The summed E-state index contributed by atoms with van der Waals surface area (Å²) in [5.74, 6) is -1.63. The van der Waals surface area contributed by atoms with Gasteiger partial charge < -0.3 is 0 Å². The summed E-state index contributed by atoms with van der Waals surface area (Å²) in [5, 5.41) is 11.2. The predicted molar refractivity (Wildman–Crippen MR) is 112 cm³/mol. The fourth-order valence-corrected chi connectivity index (χ4v) is 5.31. The van der Waals surface area contributed by atoms with Crippen molar-refractivity contribution in [3.05, 3.63) is 87.5 Å². The number of carbonyl (C=O) groups is 2. The van der Waals surface area contributed by atoms with Crippen LogP contribution < -0.4 is 4.90 Å². The second-order valence-electron chi connectivity index (χ2n) is 8.17. The molecule has 2 aromatic carbocycles. The van der Waals surface area contributed by atoms with Crippen LogP contribution in [0.2, 0.25) is 0 Å². The number of nitrogens with zero attached hydrogens (tertiary/aromatic N) is 2. The van der Waals surface area contributed by atoms with Crippen LogP contribution in [0.4, 0.5) is 11.4 Å². The number of nitro benzene ring substituents is 1. The molecule has 0 aromatic heterocycles. The van der Waals surface area contributed by atoms with Crippen molar-refractivity contribution in [2.75, 3.05) is 4.90 Å². The minimum atomic E-state index is -0.510. The summed E-state index contributed by atoms with van der Waals surface area (Å²) < 4.78 is 0. The molecule has 3 aliphatic rings. The first-order chi connectivity index (χ1) is 14.4. The summed E-state index contributed by atoms with van der Waals surface area (Å²) in [5.41, 5.74) is 4.21. The number of carbonyl (C=O) groups excluding carboxylic acids is 2. The molecule has 5 rings (SSSR count). The van der Waals surface area contributed by atoms with Gasteiger partial charge in [0.05, 0.1) is 22.4 Å². The molecule has 0 N–H and O–H groups in total. The first kappa shape index (κ1) is 18.5. The van der Waals surface area contributed by atoms with Gasteiger partial charge in [-0.05, 0) is 30.5 Å². The molecule has 2 aliphatic carbocycles. The van der Waals surface area contributed by atoms with Gasteiger partial charge in [-0.1, -0.05) is 54.1 Å². The molecular weight excluding hydrogens is 380 g/mol. The number of hydrogen-bond acceptors (Lipinski definition) is 4. The van der Waals surface area contributed by atoms with E-state index in [4.69, 9.17) is 0 Å². The molecule has 1 saturated heterocycles. The fraction of sp³-hybridized carbons (Fsp3) is 0.250. The quantitative estimate of drug-likeness (QED) is 0.333. The lowest BCUT2D eigenvalue weighted by molar-refractivity contribution is -0.384. The topological polar surface area (TPSA) is 80.5 Å². The second-order valence-corrected chi connectivity index (χ2v) is 8.17. The third-order valence-electron chi connectivity index (χ3n) is 6.70. The zero-order valence-corrected chi connectivity index (χ0v) is 16.6. The molecule has 6 nitrogen and oxygen atoms in total. The largest absolute Gasteiger partial charge is 0.274 e. The lowest BCUT2D eigenvalue weighted by Crippen LogP contribution is -2.33. The Balaban J connectivity index is 1.56. The Morgan fingerprint density at radius 1 is 0.967 bits per heavy atom. The van der Waals surface area contributed by atoms with Gasteiger partial charge in [-0.3, -0.25) is 19.7 Å². The van der Waals surface area contributed by atoms with Gasteiger partial charge in [-0.2, -0.15) is 0 Å². The first-order valence-electron chi connectivity index (χ1n) is 9.97. The minimum Gasteiger partial charge on any atom is -0.274 e. The number of fused-ring (bicyclic) bond motifs is 5. The fourth-order valence-electron chi connectivity index (χ4n) is 5.31. The first-order valence-corrected chi connectivity index (χ1v) is 9.97. The number of aryl methyl sites for hydroxylation is 1. The smallest absolute Gasteiger partial charge is 0.271 e. The highest BCUT2D eigenvalue weighted by Crippen LogP contribution is 2.58. The molecule has 2 bridgehead atoms. The molecule has 1 aliphatic heterocycles. The average Bonchev–Trinajstić information content (AvgIpc) is 3.38. The molecule has 4 atom stereocenters. The maximum absolute atomic E-state index is 13.4. The maximum Gasteiger partial charge on any atom is 0.271 e. The average molecular weight is 400 g/mol. The summed E-state index contributed by atoms with van der Waals surface area (Å²) in [4.78, 5) is 38.7. The van der Waals surface area contributed by atoms with Crippen molar-refractivity contribution in [2.45, 2.75) is 13.8 Å². The molecule has 2 aromatic rings. The Kier molecular flexibility index (Phi) is 4.00. The van der Waals surface area contributed by atoms with Gasteiger partial charge in [0.1, 0.15) is 0 Å². The number of allylic oxidation sites excluding steroid dienone is 4. The number of amides is 2. The zero-order chi connectivity index (χ0) is 21.2. The third kappa shape index (κ3) is 2.43. The SMILES string of the molecule is CC(=C1[C@H]2C=C[C@H]1[C@H]1C(=O)N(c3cc([N+](=O)[O-])ccc3C)C(=O)[C@@H]12)c1ccccc1. The Morgan fingerprint density at radius 2 is 1.57 bits per heavy atom. The van der Waals surface area contributed by atoms with E-state index in [0.717, 1.165) is 16.7 Å². The Hall–Kier alpha value is -3.54. The van der Waals surface area contributed by atoms with E-state index in [0.29, 0.717) is 11.3 Å². The highest BCUT2D eigenvalue weighted by atomic mass is 16.6. The zero-order valence-electron chi connectivity index (χ0n) is 16.6. The molecule has 0 radical (unpaired) electrons.